The number of benzene rings is 1. The quantitative estimate of drug-likeness (QED) is 0.643. The van der Waals surface area contributed by atoms with Crippen LogP contribution in [0.25, 0.3) is 0 Å². The van der Waals surface area contributed by atoms with Crippen LogP contribution in [-0.4, -0.2) is 37.7 Å². The van der Waals surface area contributed by atoms with E-state index in [2.05, 4.69) is 4.98 Å². The first kappa shape index (κ1) is 17.7. The van der Waals surface area contributed by atoms with Gasteiger partial charge in [-0.25, -0.2) is 4.98 Å². The average Bonchev–Trinajstić information content (AvgIpc) is 2.86. The third kappa shape index (κ3) is 4.69. The van der Waals surface area contributed by atoms with Gasteiger partial charge in [0.2, 0.25) is 0 Å². The molecule has 1 N–H and O–H groups in total. The molecule has 130 valence electrons. The van der Waals surface area contributed by atoms with Gasteiger partial charge in [-0.3, -0.25) is 15.0 Å². The highest BCUT2D eigenvalue weighted by Gasteiger charge is 2.29. The van der Waals surface area contributed by atoms with E-state index in [9.17, 15) is 28.4 Å². The lowest BCUT2D eigenvalue weighted by Gasteiger charge is -2.18. The summed E-state index contributed by atoms with van der Waals surface area (Å²) in [6.45, 7) is -0.935. The van der Waals surface area contributed by atoms with E-state index in [0.29, 0.717) is 5.56 Å². The SMILES string of the molecule is CN(Cc1cc([N+](=O)[O-])ccc1O)Cc1nccn1CC(F)(F)F. The predicted molar refractivity (Wildman–Crippen MR) is 78.2 cm³/mol. The summed E-state index contributed by atoms with van der Waals surface area (Å²) in [7, 11) is 1.62. The lowest BCUT2D eigenvalue weighted by molar-refractivity contribution is -0.385. The number of imidazole rings is 1. The largest absolute Gasteiger partial charge is 0.508 e. The Kier molecular flexibility index (Phi) is 5.07. The Morgan fingerprint density at radius 2 is 2.08 bits per heavy atom. The van der Waals surface area contributed by atoms with Gasteiger partial charge in [0, 0.05) is 36.6 Å². The summed E-state index contributed by atoms with van der Waals surface area (Å²) in [5.74, 6) is 0.0887. The molecule has 0 aliphatic carbocycles. The Labute approximate surface area is 135 Å². The van der Waals surface area contributed by atoms with E-state index in [1.165, 1.54) is 30.6 Å². The maximum Gasteiger partial charge on any atom is 0.406 e. The van der Waals surface area contributed by atoms with Gasteiger partial charge in [0.25, 0.3) is 5.69 Å². The molecule has 0 saturated carbocycles. The van der Waals surface area contributed by atoms with Gasteiger partial charge in [0.15, 0.2) is 0 Å². The molecule has 0 amide bonds. The van der Waals surface area contributed by atoms with Crippen molar-refractivity contribution in [1.82, 2.24) is 14.5 Å². The summed E-state index contributed by atoms with van der Waals surface area (Å²) in [4.78, 5) is 15.7. The molecular formula is C14H15F3N4O3. The van der Waals surface area contributed by atoms with E-state index in [1.807, 2.05) is 0 Å². The van der Waals surface area contributed by atoms with Crippen LogP contribution in [0.2, 0.25) is 0 Å². The number of nitro benzene ring substituents is 1. The molecule has 0 fully saturated rings. The second-order valence-corrected chi connectivity index (χ2v) is 5.33. The van der Waals surface area contributed by atoms with E-state index in [1.54, 1.807) is 11.9 Å². The van der Waals surface area contributed by atoms with E-state index in [-0.39, 0.29) is 30.4 Å². The molecule has 10 heteroatoms. The van der Waals surface area contributed by atoms with Gasteiger partial charge in [-0.2, -0.15) is 13.2 Å². The molecule has 0 saturated heterocycles. The van der Waals surface area contributed by atoms with Crippen molar-refractivity contribution in [2.24, 2.45) is 0 Å². The lowest BCUT2D eigenvalue weighted by Crippen LogP contribution is -2.24. The number of aromatic hydroxyl groups is 1. The van der Waals surface area contributed by atoms with Gasteiger partial charge in [-0.05, 0) is 13.1 Å². The van der Waals surface area contributed by atoms with Crippen LogP contribution < -0.4 is 0 Å². The molecule has 0 atom stereocenters. The van der Waals surface area contributed by atoms with Gasteiger partial charge in [-0.15, -0.1) is 0 Å². The van der Waals surface area contributed by atoms with Crippen molar-refractivity contribution in [3.05, 3.63) is 52.1 Å². The van der Waals surface area contributed by atoms with E-state index in [4.69, 9.17) is 0 Å². The molecule has 7 nitrogen and oxygen atoms in total. The highest BCUT2D eigenvalue weighted by Crippen LogP contribution is 2.24. The minimum Gasteiger partial charge on any atom is -0.508 e. The summed E-state index contributed by atoms with van der Waals surface area (Å²) < 4.78 is 38.5. The van der Waals surface area contributed by atoms with Crippen molar-refractivity contribution >= 4 is 5.69 Å². The number of halogens is 3. The summed E-state index contributed by atoms with van der Waals surface area (Å²) in [5.41, 5.74) is 0.135. The number of nitro groups is 1. The van der Waals surface area contributed by atoms with Crippen molar-refractivity contribution < 1.29 is 23.2 Å². The van der Waals surface area contributed by atoms with E-state index in [0.717, 1.165) is 4.57 Å². The fraction of sp³-hybridized carbons (Fsp3) is 0.357. The number of non-ortho nitro benzene ring substituents is 1. The first-order valence-electron chi connectivity index (χ1n) is 6.87. The third-order valence-corrected chi connectivity index (χ3v) is 3.28. The monoisotopic (exact) mass is 344 g/mol. The molecule has 1 aromatic heterocycles. The second-order valence-electron chi connectivity index (χ2n) is 5.33. The van der Waals surface area contributed by atoms with Gasteiger partial charge in [0.1, 0.15) is 18.1 Å². The Morgan fingerprint density at radius 1 is 1.38 bits per heavy atom. The van der Waals surface area contributed by atoms with Crippen LogP contribution in [0.3, 0.4) is 0 Å². The highest BCUT2D eigenvalue weighted by molar-refractivity contribution is 5.42. The predicted octanol–water partition coefficient (Wildman–Crippen LogP) is 2.69. The Bertz CT molecular complexity index is 730. The molecule has 1 heterocycles. The molecule has 24 heavy (non-hydrogen) atoms. The third-order valence-electron chi connectivity index (χ3n) is 3.28. The van der Waals surface area contributed by atoms with E-state index >= 15 is 0 Å². The van der Waals surface area contributed by atoms with Gasteiger partial charge >= 0.3 is 6.18 Å². The summed E-state index contributed by atoms with van der Waals surface area (Å²) >= 11 is 0. The summed E-state index contributed by atoms with van der Waals surface area (Å²) in [6, 6.07) is 3.62. The molecule has 0 bridgehead atoms. The lowest BCUT2D eigenvalue weighted by atomic mass is 10.1. The summed E-state index contributed by atoms with van der Waals surface area (Å²) in [6.07, 6.45) is -1.84. The second kappa shape index (κ2) is 6.87. The molecule has 2 aromatic rings. The Morgan fingerprint density at radius 3 is 2.71 bits per heavy atom. The minimum atomic E-state index is -4.35. The van der Waals surface area contributed by atoms with Gasteiger partial charge in [-0.1, -0.05) is 0 Å². The van der Waals surface area contributed by atoms with Crippen LogP contribution >= 0.6 is 0 Å². The fourth-order valence-corrected chi connectivity index (χ4v) is 2.23. The van der Waals surface area contributed by atoms with Crippen molar-refractivity contribution in [2.75, 3.05) is 7.05 Å². The van der Waals surface area contributed by atoms with E-state index < -0.39 is 17.6 Å². The van der Waals surface area contributed by atoms with Crippen LogP contribution in [-0.2, 0) is 19.6 Å². The smallest absolute Gasteiger partial charge is 0.406 e. The maximum atomic E-state index is 12.5. The molecular weight excluding hydrogens is 329 g/mol. The number of aromatic nitrogens is 2. The van der Waals surface area contributed by atoms with Crippen LogP contribution in [0.5, 0.6) is 5.75 Å². The zero-order chi connectivity index (χ0) is 17.9. The van der Waals surface area contributed by atoms with Gasteiger partial charge < -0.3 is 9.67 Å². The first-order chi connectivity index (χ1) is 11.2. The van der Waals surface area contributed by atoms with Crippen molar-refractivity contribution in [3.63, 3.8) is 0 Å². The first-order valence-corrected chi connectivity index (χ1v) is 6.87. The molecule has 0 radical (unpaired) electrons. The number of rotatable bonds is 6. The fourth-order valence-electron chi connectivity index (χ4n) is 2.23. The Balaban J connectivity index is 2.09. The van der Waals surface area contributed by atoms with Crippen LogP contribution in [0.4, 0.5) is 18.9 Å². The number of hydrogen-bond acceptors (Lipinski definition) is 5. The van der Waals surface area contributed by atoms with Gasteiger partial charge in [0.05, 0.1) is 11.5 Å². The maximum absolute atomic E-state index is 12.5. The van der Waals surface area contributed by atoms with Crippen molar-refractivity contribution in [1.29, 1.82) is 0 Å². The number of alkyl halides is 3. The van der Waals surface area contributed by atoms with Crippen LogP contribution in [0, 0.1) is 10.1 Å². The molecule has 0 aliphatic rings. The van der Waals surface area contributed by atoms with Crippen LogP contribution in [0.15, 0.2) is 30.6 Å². The molecule has 0 aliphatic heterocycles. The zero-order valence-electron chi connectivity index (χ0n) is 12.7. The molecule has 0 unspecified atom stereocenters. The number of nitrogens with zero attached hydrogens (tertiary/aromatic N) is 4. The van der Waals surface area contributed by atoms with Crippen molar-refractivity contribution in [2.45, 2.75) is 25.8 Å². The highest BCUT2D eigenvalue weighted by atomic mass is 19.4. The number of hydrogen-bond donors (Lipinski definition) is 1. The standard InChI is InChI=1S/C14H15F3N4O3/c1-19(7-10-6-11(21(23)24)2-3-12(10)22)8-13-18-4-5-20(13)9-14(15,16)17/h2-6,22H,7-9H2,1H3. The molecule has 2 rings (SSSR count). The Hall–Kier alpha value is -2.62. The normalized spacial score (nSPS) is 11.9. The molecule has 0 spiro atoms. The zero-order valence-corrected chi connectivity index (χ0v) is 12.7. The topological polar surface area (TPSA) is 84.4 Å². The number of phenols is 1. The summed E-state index contributed by atoms with van der Waals surface area (Å²) in [5, 5.41) is 20.6. The minimum absolute atomic E-state index is 0.0885. The number of phenolic OH excluding ortho intramolecular Hbond substituents is 1. The van der Waals surface area contributed by atoms with Crippen LogP contribution in [0.1, 0.15) is 11.4 Å². The average molecular weight is 344 g/mol. The molecule has 1 aromatic carbocycles. The van der Waals surface area contributed by atoms with Crippen molar-refractivity contribution in [3.8, 4) is 5.75 Å².